The normalized spacial score (nSPS) is 15.2. The largest absolute Gasteiger partial charge is 0.0900 e. The lowest BCUT2D eigenvalue weighted by molar-refractivity contribution is 0.830. The predicted octanol–water partition coefficient (Wildman–Crippen LogP) is 4.07. The van der Waals surface area contributed by atoms with Crippen molar-refractivity contribution in [1.29, 1.82) is 0 Å². The Balaban J connectivity index is 2.12. The van der Waals surface area contributed by atoms with Gasteiger partial charge in [-0.1, -0.05) is 67.3 Å². The van der Waals surface area contributed by atoms with Crippen molar-refractivity contribution in [1.82, 2.24) is 0 Å². The van der Waals surface area contributed by atoms with Crippen molar-refractivity contribution in [2.75, 3.05) is 0 Å². The topological polar surface area (TPSA) is 0 Å². The SMILES string of the molecule is CC[C@@H](C#CC1=CC=CC1)c1ccccc1. The average Bonchev–Trinajstić information content (AvgIpc) is 2.84. The molecule has 0 aliphatic heterocycles. The third-order valence-corrected chi connectivity index (χ3v) is 2.79. The summed E-state index contributed by atoms with van der Waals surface area (Å²) in [5.74, 6) is 7.01. The molecule has 0 fully saturated rings. The predicted molar refractivity (Wildman–Crippen MR) is 69.1 cm³/mol. The van der Waals surface area contributed by atoms with Crippen LogP contribution in [0.5, 0.6) is 0 Å². The van der Waals surface area contributed by atoms with Crippen LogP contribution in [0.4, 0.5) is 0 Å². The molecule has 0 saturated heterocycles. The van der Waals surface area contributed by atoms with Gasteiger partial charge < -0.3 is 0 Å². The first-order valence-electron chi connectivity index (χ1n) is 5.82. The van der Waals surface area contributed by atoms with Gasteiger partial charge in [-0.05, 0) is 18.4 Å². The molecule has 2 rings (SSSR count). The molecular formula is C16H16. The Labute approximate surface area is 97.7 Å². The first-order valence-corrected chi connectivity index (χ1v) is 5.82. The third kappa shape index (κ3) is 2.64. The van der Waals surface area contributed by atoms with E-state index < -0.39 is 0 Å². The Hall–Kier alpha value is -1.74. The molecule has 16 heavy (non-hydrogen) atoms. The van der Waals surface area contributed by atoms with Crippen LogP contribution in [0.15, 0.2) is 54.1 Å². The molecule has 0 unspecified atom stereocenters. The highest BCUT2D eigenvalue weighted by Gasteiger charge is 2.04. The van der Waals surface area contributed by atoms with Gasteiger partial charge in [-0.25, -0.2) is 0 Å². The van der Waals surface area contributed by atoms with Crippen LogP contribution >= 0.6 is 0 Å². The van der Waals surface area contributed by atoms with Crippen molar-refractivity contribution in [3.8, 4) is 11.8 Å². The van der Waals surface area contributed by atoms with Gasteiger partial charge in [-0.15, -0.1) is 0 Å². The molecule has 0 saturated carbocycles. The first-order chi connectivity index (χ1) is 7.90. The van der Waals surface area contributed by atoms with Crippen molar-refractivity contribution >= 4 is 0 Å². The minimum absolute atomic E-state index is 0.364. The van der Waals surface area contributed by atoms with Crippen LogP contribution in [0.25, 0.3) is 0 Å². The Kier molecular flexibility index (Phi) is 3.62. The van der Waals surface area contributed by atoms with Crippen LogP contribution in [0, 0.1) is 11.8 Å². The second kappa shape index (κ2) is 5.37. The molecule has 1 atom stereocenters. The fraction of sp³-hybridized carbons (Fsp3) is 0.250. The van der Waals surface area contributed by atoms with Gasteiger partial charge in [0.15, 0.2) is 0 Å². The molecule has 0 nitrogen and oxygen atoms in total. The van der Waals surface area contributed by atoms with E-state index in [1.54, 1.807) is 0 Å². The maximum Gasteiger partial charge on any atom is 0.0453 e. The molecule has 1 aromatic carbocycles. The van der Waals surface area contributed by atoms with E-state index in [1.807, 2.05) is 6.07 Å². The summed E-state index contributed by atoms with van der Waals surface area (Å²) in [6.45, 7) is 2.19. The molecule has 0 radical (unpaired) electrons. The van der Waals surface area contributed by atoms with E-state index in [2.05, 4.69) is 61.3 Å². The number of allylic oxidation sites excluding steroid dienone is 4. The second-order valence-electron chi connectivity index (χ2n) is 3.97. The number of benzene rings is 1. The summed E-state index contributed by atoms with van der Waals surface area (Å²) in [5.41, 5.74) is 2.55. The fourth-order valence-electron chi connectivity index (χ4n) is 1.83. The molecule has 0 heterocycles. The molecular weight excluding hydrogens is 192 g/mol. The van der Waals surface area contributed by atoms with Gasteiger partial charge in [0.25, 0.3) is 0 Å². The van der Waals surface area contributed by atoms with Crippen LogP contribution in [0.1, 0.15) is 31.2 Å². The van der Waals surface area contributed by atoms with Crippen molar-refractivity contribution in [2.24, 2.45) is 0 Å². The van der Waals surface area contributed by atoms with E-state index in [9.17, 15) is 0 Å². The maximum absolute atomic E-state index is 3.37. The maximum atomic E-state index is 3.37. The molecule has 0 bridgehead atoms. The zero-order valence-corrected chi connectivity index (χ0v) is 9.61. The molecule has 0 amide bonds. The Morgan fingerprint density at radius 2 is 2.06 bits per heavy atom. The van der Waals surface area contributed by atoms with Crippen LogP contribution in [-0.4, -0.2) is 0 Å². The number of rotatable bonds is 2. The van der Waals surface area contributed by atoms with E-state index in [-0.39, 0.29) is 0 Å². The van der Waals surface area contributed by atoms with Crippen LogP contribution in [0.3, 0.4) is 0 Å². The van der Waals surface area contributed by atoms with Gasteiger partial charge in [0.2, 0.25) is 0 Å². The summed E-state index contributed by atoms with van der Waals surface area (Å²) in [4.78, 5) is 0. The van der Waals surface area contributed by atoms with Gasteiger partial charge in [0, 0.05) is 11.5 Å². The zero-order valence-electron chi connectivity index (χ0n) is 9.61. The summed E-state index contributed by atoms with van der Waals surface area (Å²) in [6.07, 6.45) is 8.39. The second-order valence-corrected chi connectivity index (χ2v) is 3.97. The minimum Gasteiger partial charge on any atom is -0.0900 e. The highest BCUT2D eigenvalue weighted by atomic mass is 14.1. The van der Waals surface area contributed by atoms with E-state index in [1.165, 1.54) is 11.1 Å². The molecule has 80 valence electrons. The van der Waals surface area contributed by atoms with Crippen LogP contribution < -0.4 is 0 Å². The molecule has 1 aromatic rings. The van der Waals surface area contributed by atoms with Crippen molar-refractivity contribution in [2.45, 2.75) is 25.7 Å². The van der Waals surface area contributed by atoms with E-state index in [0.717, 1.165) is 12.8 Å². The van der Waals surface area contributed by atoms with Gasteiger partial charge in [0.05, 0.1) is 0 Å². The van der Waals surface area contributed by atoms with Crippen molar-refractivity contribution in [3.05, 3.63) is 59.7 Å². The zero-order chi connectivity index (χ0) is 11.2. The Morgan fingerprint density at radius 3 is 2.69 bits per heavy atom. The lowest BCUT2D eigenvalue weighted by Crippen LogP contribution is -1.93. The lowest BCUT2D eigenvalue weighted by atomic mass is 9.97. The van der Waals surface area contributed by atoms with Crippen molar-refractivity contribution in [3.63, 3.8) is 0 Å². The Morgan fingerprint density at radius 1 is 1.25 bits per heavy atom. The summed E-state index contributed by atoms with van der Waals surface area (Å²) in [7, 11) is 0. The first kappa shape index (κ1) is 10.8. The lowest BCUT2D eigenvalue weighted by Gasteiger charge is -2.07. The highest BCUT2D eigenvalue weighted by molar-refractivity contribution is 5.40. The molecule has 0 N–H and O–H groups in total. The summed E-state index contributed by atoms with van der Waals surface area (Å²) in [6, 6.07) is 10.5. The van der Waals surface area contributed by atoms with Gasteiger partial charge in [0.1, 0.15) is 0 Å². The summed E-state index contributed by atoms with van der Waals surface area (Å²) in [5, 5.41) is 0. The molecule has 1 aliphatic rings. The quantitative estimate of drug-likeness (QED) is 0.643. The van der Waals surface area contributed by atoms with Crippen molar-refractivity contribution < 1.29 is 0 Å². The van der Waals surface area contributed by atoms with E-state index in [4.69, 9.17) is 0 Å². The summed E-state index contributed by atoms with van der Waals surface area (Å²) >= 11 is 0. The molecule has 0 aromatic heterocycles. The van der Waals surface area contributed by atoms with Gasteiger partial charge >= 0.3 is 0 Å². The fourth-order valence-corrected chi connectivity index (χ4v) is 1.83. The molecule has 0 spiro atoms. The average molecular weight is 208 g/mol. The smallest absolute Gasteiger partial charge is 0.0453 e. The van der Waals surface area contributed by atoms with Crippen LogP contribution in [0.2, 0.25) is 0 Å². The molecule has 0 heteroatoms. The van der Waals surface area contributed by atoms with E-state index in [0.29, 0.717) is 5.92 Å². The molecule has 1 aliphatic carbocycles. The standard InChI is InChI=1S/C16H16/c1-2-15(16-10-4-3-5-11-16)13-12-14-8-6-7-9-14/h3-8,10-11,15H,2,9H2,1H3/t15-/m0/s1. The number of hydrogen-bond donors (Lipinski definition) is 0. The number of hydrogen-bond acceptors (Lipinski definition) is 0. The van der Waals surface area contributed by atoms with Crippen LogP contribution in [-0.2, 0) is 0 Å². The van der Waals surface area contributed by atoms with Gasteiger partial charge in [-0.2, -0.15) is 0 Å². The minimum atomic E-state index is 0.364. The highest BCUT2D eigenvalue weighted by Crippen LogP contribution is 2.18. The van der Waals surface area contributed by atoms with E-state index >= 15 is 0 Å². The van der Waals surface area contributed by atoms with Gasteiger partial charge in [-0.3, -0.25) is 0 Å². The Bertz CT molecular complexity index is 452. The summed E-state index contributed by atoms with van der Waals surface area (Å²) < 4.78 is 0. The third-order valence-electron chi connectivity index (χ3n) is 2.79. The monoisotopic (exact) mass is 208 g/mol.